The average Bonchev–Trinajstić information content (AvgIpc) is 3.29. The smallest absolute Gasteiger partial charge is 0.256 e. The quantitative estimate of drug-likeness (QED) is 0.428. The zero-order chi connectivity index (χ0) is 25.6. The molecule has 0 atom stereocenters. The van der Waals surface area contributed by atoms with Crippen LogP contribution in [0, 0.1) is 0 Å². The van der Waals surface area contributed by atoms with Crippen LogP contribution in [0.4, 0.5) is 0 Å². The maximum absolute atomic E-state index is 13.2. The molecule has 3 aromatic rings. The number of hydrogen-bond donors (Lipinski definition) is 2. The fourth-order valence-electron chi connectivity index (χ4n) is 5.57. The molecule has 1 aliphatic carbocycles. The van der Waals surface area contributed by atoms with Gasteiger partial charge in [0.2, 0.25) is 0 Å². The van der Waals surface area contributed by atoms with Crippen molar-refractivity contribution in [2.24, 2.45) is 0 Å². The Morgan fingerprint density at radius 2 is 1.81 bits per heavy atom. The van der Waals surface area contributed by atoms with E-state index in [-0.39, 0.29) is 17.6 Å². The number of carbonyl (C=O) groups excluding carboxylic acids is 2. The highest BCUT2D eigenvalue weighted by atomic mass is 16.5. The molecule has 1 saturated heterocycles. The first-order valence-electron chi connectivity index (χ1n) is 13.7. The molecule has 2 N–H and O–H groups in total. The van der Waals surface area contributed by atoms with Crippen LogP contribution in [0.5, 0.6) is 5.75 Å². The van der Waals surface area contributed by atoms with Gasteiger partial charge in [0.25, 0.3) is 11.8 Å². The van der Waals surface area contributed by atoms with E-state index in [4.69, 9.17) is 4.74 Å². The standard InChI is InChI=1S/C30H37N3O4/c34-25-12-13-26-27(30(36)32-15-17-37-18-16-32)21-33(28(26)20-25)14-5-4-7-22-8-6-9-23(19-22)29(35)31-24-10-2-1-3-11-24/h6,8-9,12-13,19-21,24,34H,1-5,7,10-11,14-18H2,(H,31,35). The highest BCUT2D eigenvalue weighted by molar-refractivity contribution is 6.07. The number of phenols is 1. The number of benzene rings is 2. The number of morpholine rings is 1. The molecular formula is C30H37N3O4. The number of ether oxygens (including phenoxy) is 1. The highest BCUT2D eigenvalue weighted by Gasteiger charge is 2.23. The van der Waals surface area contributed by atoms with Gasteiger partial charge in [0.15, 0.2) is 0 Å². The normalized spacial score (nSPS) is 16.7. The number of aryl methyl sites for hydroxylation is 2. The van der Waals surface area contributed by atoms with Crippen molar-refractivity contribution in [2.45, 2.75) is 64.0 Å². The zero-order valence-electron chi connectivity index (χ0n) is 21.5. The van der Waals surface area contributed by atoms with Gasteiger partial charge in [-0.2, -0.15) is 0 Å². The lowest BCUT2D eigenvalue weighted by molar-refractivity contribution is 0.0304. The molecule has 5 rings (SSSR count). The number of aromatic nitrogens is 1. The third-order valence-electron chi connectivity index (χ3n) is 7.64. The molecule has 2 aromatic carbocycles. The predicted octanol–water partition coefficient (Wildman–Crippen LogP) is 4.90. The monoisotopic (exact) mass is 503 g/mol. The third kappa shape index (κ3) is 6.16. The van der Waals surface area contributed by atoms with Gasteiger partial charge < -0.3 is 24.6 Å². The first-order chi connectivity index (χ1) is 18.1. The van der Waals surface area contributed by atoms with E-state index in [0.717, 1.165) is 60.7 Å². The number of rotatable bonds is 8. The summed E-state index contributed by atoms with van der Waals surface area (Å²) in [6.45, 7) is 3.07. The van der Waals surface area contributed by atoms with Crippen LogP contribution in [-0.2, 0) is 17.7 Å². The van der Waals surface area contributed by atoms with Gasteiger partial charge in [0.1, 0.15) is 5.75 Å². The summed E-state index contributed by atoms with van der Waals surface area (Å²) in [5.74, 6) is 0.242. The second-order valence-electron chi connectivity index (χ2n) is 10.3. The van der Waals surface area contributed by atoms with Crippen LogP contribution < -0.4 is 5.32 Å². The molecule has 0 radical (unpaired) electrons. The lowest BCUT2D eigenvalue weighted by Gasteiger charge is -2.26. The molecular weight excluding hydrogens is 466 g/mol. The second kappa shape index (κ2) is 11.8. The van der Waals surface area contributed by atoms with Crippen molar-refractivity contribution in [2.75, 3.05) is 26.3 Å². The summed E-state index contributed by atoms with van der Waals surface area (Å²) in [7, 11) is 0. The number of phenolic OH excluding ortho intramolecular Hbond substituents is 1. The van der Waals surface area contributed by atoms with Gasteiger partial charge in [-0.05, 0) is 61.9 Å². The van der Waals surface area contributed by atoms with E-state index in [0.29, 0.717) is 37.9 Å². The molecule has 2 heterocycles. The Kier molecular flexibility index (Phi) is 8.09. The van der Waals surface area contributed by atoms with Gasteiger partial charge in [-0.1, -0.05) is 31.4 Å². The number of nitrogens with zero attached hydrogens (tertiary/aromatic N) is 2. The van der Waals surface area contributed by atoms with Crippen molar-refractivity contribution in [3.05, 3.63) is 65.4 Å². The highest BCUT2D eigenvalue weighted by Crippen LogP contribution is 2.27. The number of carbonyl (C=O) groups is 2. The van der Waals surface area contributed by atoms with Crippen LogP contribution in [0.3, 0.4) is 0 Å². The number of unbranched alkanes of at least 4 members (excludes halogenated alkanes) is 1. The molecule has 0 spiro atoms. The molecule has 7 heteroatoms. The van der Waals surface area contributed by atoms with E-state index in [2.05, 4.69) is 16.0 Å². The average molecular weight is 504 g/mol. The summed E-state index contributed by atoms with van der Waals surface area (Å²) < 4.78 is 7.48. The molecule has 1 aromatic heterocycles. The first-order valence-corrected chi connectivity index (χ1v) is 13.7. The van der Waals surface area contributed by atoms with Crippen LogP contribution in [-0.4, -0.2) is 58.7 Å². The van der Waals surface area contributed by atoms with E-state index >= 15 is 0 Å². The van der Waals surface area contributed by atoms with Crippen molar-refractivity contribution in [1.29, 1.82) is 0 Å². The van der Waals surface area contributed by atoms with Crippen molar-refractivity contribution < 1.29 is 19.4 Å². The fourth-order valence-corrected chi connectivity index (χ4v) is 5.57. The van der Waals surface area contributed by atoms with Crippen LogP contribution in [0.15, 0.2) is 48.7 Å². The van der Waals surface area contributed by atoms with E-state index in [1.54, 1.807) is 12.1 Å². The molecule has 7 nitrogen and oxygen atoms in total. The van der Waals surface area contributed by atoms with Gasteiger partial charge in [-0.15, -0.1) is 0 Å². The third-order valence-corrected chi connectivity index (χ3v) is 7.64. The Balaban J connectivity index is 1.20. The molecule has 2 fully saturated rings. The summed E-state index contributed by atoms with van der Waals surface area (Å²) in [5.41, 5.74) is 3.45. The summed E-state index contributed by atoms with van der Waals surface area (Å²) in [5, 5.41) is 14.2. The van der Waals surface area contributed by atoms with E-state index in [1.807, 2.05) is 35.4 Å². The van der Waals surface area contributed by atoms with Gasteiger partial charge in [-0.3, -0.25) is 9.59 Å². The largest absolute Gasteiger partial charge is 0.508 e. The van der Waals surface area contributed by atoms with Gasteiger partial charge in [0.05, 0.1) is 24.3 Å². The maximum Gasteiger partial charge on any atom is 0.256 e. The number of amides is 2. The number of aromatic hydroxyl groups is 1. The molecule has 1 aliphatic heterocycles. The fraction of sp³-hybridized carbons (Fsp3) is 0.467. The van der Waals surface area contributed by atoms with Crippen LogP contribution in [0.2, 0.25) is 0 Å². The summed E-state index contributed by atoms with van der Waals surface area (Å²) in [6, 6.07) is 13.5. The second-order valence-corrected chi connectivity index (χ2v) is 10.3. The van der Waals surface area contributed by atoms with E-state index < -0.39 is 0 Å². The predicted molar refractivity (Wildman–Crippen MR) is 144 cm³/mol. The van der Waals surface area contributed by atoms with Crippen molar-refractivity contribution >= 4 is 22.7 Å². The van der Waals surface area contributed by atoms with Crippen molar-refractivity contribution in [1.82, 2.24) is 14.8 Å². The Morgan fingerprint density at radius 1 is 1.00 bits per heavy atom. The number of fused-ring (bicyclic) bond motifs is 1. The van der Waals surface area contributed by atoms with Crippen molar-refractivity contribution in [3.63, 3.8) is 0 Å². The zero-order valence-corrected chi connectivity index (χ0v) is 21.5. The molecule has 2 amide bonds. The van der Waals surface area contributed by atoms with E-state index in [9.17, 15) is 14.7 Å². The summed E-state index contributed by atoms with van der Waals surface area (Å²) in [6.07, 6.45) is 10.5. The minimum absolute atomic E-state index is 0.0149. The minimum Gasteiger partial charge on any atom is -0.508 e. The first kappa shape index (κ1) is 25.3. The summed E-state index contributed by atoms with van der Waals surface area (Å²) >= 11 is 0. The Labute approximate surface area is 218 Å². The lowest BCUT2D eigenvalue weighted by atomic mass is 9.95. The molecule has 2 aliphatic rings. The molecule has 1 saturated carbocycles. The lowest BCUT2D eigenvalue weighted by Crippen LogP contribution is -2.40. The topological polar surface area (TPSA) is 83.8 Å². The van der Waals surface area contributed by atoms with Gasteiger partial charge in [0, 0.05) is 48.9 Å². The number of nitrogens with one attached hydrogen (secondary N) is 1. The van der Waals surface area contributed by atoms with Crippen molar-refractivity contribution in [3.8, 4) is 5.75 Å². The molecule has 0 unspecified atom stereocenters. The van der Waals surface area contributed by atoms with E-state index in [1.165, 1.54) is 19.3 Å². The van der Waals surface area contributed by atoms with Gasteiger partial charge >= 0.3 is 0 Å². The SMILES string of the molecule is O=C(NC1CCCCC1)c1cccc(CCCCn2cc(C(=O)N3CCOCC3)c3ccc(O)cc32)c1. The van der Waals surface area contributed by atoms with Crippen LogP contribution in [0.25, 0.3) is 10.9 Å². The molecule has 196 valence electrons. The van der Waals surface area contributed by atoms with Crippen LogP contribution >= 0.6 is 0 Å². The van der Waals surface area contributed by atoms with Gasteiger partial charge in [-0.25, -0.2) is 0 Å². The minimum atomic E-state index is 0.0149. The van der Waals surface area contributed by atoms with Crippen LogP contribution in [0.1, 0.15) is 71.2 Å². The number of hydrogen-bond acceptors (Lipinski definition) is 4. The Bertz CT molecular complexity index is 1240. The summed E-state index contributed by atoms with van der Waals surface area (Å²) in [4.78, 5) is 27.8. The Hall–Kier alpha value is -3.32. The maximum atomic E-state index is 13.2. The molecule has 37 heavy (non-hydrogen) atoms. The molecule has 0 bridgehead atoms. The Morgan fingerprint density at radius 3 is 2.62 bits per heavy atom.